The van der Waals surface area contributed by atoms with E-state index in [2.05, 4.69) is 0 Å². The lowest BCUT2D eigenvalue weighted by molar-refractivity contribution is -0.120. The number of nitrogen functional groups attached to an aromatic ring is 1. The average molecular weight is 478 g/mol. The third-order valence-electron chi connectivity index (χ3n) is 5.13. The van der Waals surface area contributed by atoms with Crippen LogP contribution in [0, 0.1) is 0 Å². The second-order valence-corrected chi connectivity index (χ2v) is 9.53. The van der Waals surface area contributed by atoms with E-state index in [-0.39, 0.29) is 37.5 Å². The average Bonchev–Trinajstić information content (AvgIpc) is 2.96. The van der Waals surface area contributed by atoms with Crippen LogP contribution in [0.2, 0.25) is 10.0 Å². The molecule has 7 nitrogen and oxygen atoms in total. The first-order valence-electron chi connectivity index (χ1n) is 8.99. The van der Waals surface area contributed by atoms with Gasteiger partial charge in [0, 0.05) is 32.9 Å². The highest BCUT2D eigenvalue weighted by atomic mass is 35.5. The fraction of sp³-hybridized carbons (Fsp3) is 0.0952. The van der Waals surface area contributed by atoms with Gasteiger partial charge in [-0.15, -0.1) is 0 Å². The highest BCUT2D eigenvalue weighted by molar-refractivity contribution is 7.93. The molecule has 4 rings (SSSR count). The highest BCUT2D eigenvalue weighted by Gasteiger charge is 2.55. The molecule has 3 aromatic rings. The minimum Gasteiger partial charge on any atom is -0.495 e. The molecule has 1 atom stereocenters. The van der Waals surface area contributed by atoms with Crippen LogP contribution in [-0.4, -0.2) is 21.4 Å². The van der Waals surface area contributed by atoms with Gasteiger partial charge >= 0.3 is 0 Å². The molecule has 0 saturated heterocycles. The summed E-state index contributed by atoms with van der Waals surface area (Å²) in [6, 6.07) is 14.9. The lowest BCUT2D eigenvalue weighted by Crippen LogP contribution is -2.49. The number of amides is 1. The normalized spacial score (nSPS) is 18.2. The third-order valence-corrected chi connectivity index (χ3v) is 7.43. The van der Waals surface area contributed by atoms with Crippen molar-refractivity contribution in [3.8, 4) is 5.75 Å². The number of carbonyl (C=O) groups is 1. The van der Waals surface area contributed by atoms with Crippen molar-refractivity contribution < 1.29 is 17.9 Å². The van der Waals surface area contributed by atoms with Crippen LogP contribution >= 0.6 is 23.2 Å². The number of hydrogen-bond donors (Lipinski definition) is 2. The Hall–Kier alpha value is -2.78. The van der Waals surface area contributed by atoms with E-state index in [0.29, 0.717) is 9.99 Å². The Bertz CT molecular complexity index is 1330. The Morgan fingerprint density at radius 2 is 1.71 bits per heavy atom. The summed E-state index contributed by atoms with van der Waals surface area (Å²) < 4.78 is 33.2. The summed E-state index contributed by atoms with van der Waals surface area (Å²) in [6.45, 7) is 0. The maximum Gasteiger partial charge on any atom is 0.274 e. The zero-order valence-corrected chi connectivity index (χ0v) is 18.5. The predicted octanol–water partition coefficient (Wildman–Crippen LogP) is 3.52. The molecule has 1 unspecified atom stereocenters. The number of rotatable bonds is 4. The third kappa shape index (κ3) is 3.14. The van der Waals surface area contributed by atoms with E-state index >= 15 is 0 Å². The van der Waals surface area contributed by atoms with Crippen molar-refractivity contribution in [2.75, 3.05) is 17.1 Å². The van der Waals surface area contributed by atoms with Crippen molar-refractivity contribution in [1.29, 1.82) is 0 Å². The molecule has 1 aliphatic rings. The van der Waals surface area contributed by atoms with E-state index < -0.39 is 21.5 Å². The zero-order chi connectivity index (χ0) is 22.6. The van der Waals surface area contributed by atoms with Crippen LogP contribution in [0.5, 0.6) is 5.75 Å². The number of carbonyl (C=O) groups excluding carboxylic acids is 1. The van der Waals surface area contributed by atoms with Crippen molar-refractivity contribution >= 4 is 50.5 Å². The summed E-state index contributed by atoms with van der Waals surface area (Å²) in [5.41, 5.74) is 11.4. The molecule has 1 aliphatic heterocycles. The van der Waals surface area contributed by atoms with Gasteiger partial charge in [0.2, 0.25) is 0 Å². The van der Waals surface area contributed by atoms with E-state index in [1.165, 1.54) is 43.5 Å². The SMILES string of the molecule is COc1cc(N)ccc1S(=O)(=O)N1C(=O)C(N)(c2ccccc2Cl)c2cc(Cl)ccc21. The number of halogens is 2. The second kappa shape index (κ2) is 7.42. The van der Waals surface area contributed by atoms with Crippen LogP contribution in [0.4, 0.5) is 11.4 Å². The van der Waals surface area contributed by atoms with Crippen LogP contribution in [0.25, 0.3) is 0 Å². The number of hydrogen-bond acceptors (Lipinski definition) is 6. The number of benzene rings is 3. The molecular weight excluding hydrogens is 461 g/mol. The van der Waals surface area contributed by atoms with Crippen LogP contribution in [0.3, 0.4) is 0 Å². The number of sulfonamides is 1. The van der Waals surface area contributed by atoms with E-state index in [1.54, 1.807) is 24.3 Å². The first-order valence-corrected chi connectivity index (χ1v) is 11.2. The molecule has 1 heterocycles. The van der Waals surface area contributed by atoms with E-state index in [9.17, 15) is 13.2 Å². The largest absolute Gasteiger partial charge is 0.495 e. The minimum absolute atomic E-state index is 0.00409. The first-order chi connectivity index (χ1) is 14.6. The smallest absolute Gasteiger partial charge is 0.274 e. The lowest BCUT2D eigenvalue weighted by atomic mass is 9.85. The number of methoxy groups -OCH3 is 1. The molecule has 0 saturated carbocycles. The number of anilines is 2. The van der Waals surface area contributed by atoms with Crippen LogP contribution in [0.15, 0.2) is 65.6 Å². The Balaban J connectivity index is 2.00. The number of fused-ring (bicyclic) bond motifs is 1. The zero-order valence-electron chi connectivity index (χ0n) is 16.2. The molecule has 0 fully saturated rings. The van der Waals surface area contributed by atoms with Gasteiger partial charge in [0.1, 0.15) is 10.6 Å². The molecule has 0 spiro atoms. The Morgan fingerprint density at radius 3 is 2.39 bits per heavy atom. The van der Waals surface area contributed by atoms with Crippen LogP contribution in [0.1, 0.15) is 11.1 Å². The van der Waals surface area contributed by atoms with Crippen molar-refractivity contribution in [3.05, 3.63) is 81.8 Å². The highest BCUT2D eigenvalue weighted by Crippen LogP contribution is 2.48. The number of nitrogens with two attached hydrogens (primary N) is 2. The van der Waals surface area contributed by atoms with Gasteiger partial charge in [0.05, 0.1) is 12.8 Å². The van der Waals surface area contributed by atoms with Crippen LogP contribution < -0.4 is 20.5 Å². The quantitative estimate of drug-likeness (QED) is 0.555. The minimum atomic E-state index is -4.43. The second-order valence-electron chi connectivity index (χ2n) is 6.93. The van der Waals surface area contributed by atoms with Gasteiger partial charge < -0.3 is 16.2 Å². The van der Waals surface area contributed by atoms with Crippen molar-refractivity contribution in [2.24, 2.45) is 5.73 Å². The van der Waals surface area contributed by atoms with E-state index in [1.807, 2.05) is 0 Å². The summed E-state index contributed by atoms with van der Waals surface area (Å²) in [4.78, 5) is 13.5. The van der Waals surface area contributed by atoms with Gasteiger partial charge in [-0.1, -0.05) is 41.4 Å². The predicted molar refractivity (Wildman–Crippen MR) is 120 cm³/mol. The molecular formula is C21H17Cl2N3O4S. The van der Waals surface area contributed by atoms with Crippen molar-refractivity contribution in [3.63, 3.8) is 0 Å². The first kappa shape index (κ1) is 21.5. The molecule has 4 N–H and O–H groups in total. The molecule has 0 bridgehead atoms. The summed E-state index contributed by atoms with van der Waals surface area (Å²) in [5, 5.41) is 0.506. The maximum atomic E-state index is 13.7. The summed E-state index contributed by atoms with van der Waals surface area (Å²) in [7, 11) is -3.12. The van der Waals surface area contributed by atoms with Gasteiger partial charge in [0.25, 0.3) is 15.9 Å². The van der Waals surface area contributed by atoms with Crippen molar-refractivity contribution in [1.82, 2.24) is 0 Å². The van der Waals surface area contributed by atoms with E-state index in [0.717, 1.165) is 0 Å². The van der Waals surface area contributed by atoms with Crippen molar-refractivity contribution in [2.45, 2.75) is 10.4 Å². The molecule has 0 aliphatic carbocycles. The Morgan fingerprint density at radius 1 is 1.00 bits per heavy atom. The molecule has 160 valence electrons. The summed E-state index contributed by atoms with van der Waals surface area (Å²) in [6.07, 6.45) is 0. The monoisotopic (exact) mass is 477 g/mol. The molecule has 0 aromatic heterocycles. The van der Waals surface area contributed by atoms with Gasteiger partial charge in [-0.25, -0.2) is 12.7 Å². The fourth-order valence-electron chi connectivity index (χ4n) is 3.66. The topological polar surface area (TPSA) is 116 Å². The Labute approximate surface area is 189 Å². The maximum absolute atomic E-state index is 13.7. The summed E-state index contributed by atoms with van der Waals surface area (Å²) >= 11 is 12.5. The summed E-state index contributed by atoms with van der Waals surface area (Å²) in [5.74, 6) is -0.896. The molecule has 10 heteroatoms. The molecule has 1 amide bonds. The number of ether oxygens (including phenoxy) is 1. The molecule has 31 heavy (non-hydrogen) atoms. The Kier molecular flexibility index (Phi) is 5.13. The number of nitrogens with zero attached hydrogens (tertiary/aromatic N) is 1. The van der Waals surface area contributed by atoms with Gasteiger partial charge in [-0.2, -0.15) is 0 Å². The standard InChI is InChI=1S/C21H17Cl2N3O4S/c1-30-18-11-13(24)7-9-19(18)31(28,29)26-17-8-6-12(22)10-15(17)21(25,20(26)27)14-4-2-3-5-16(14)23/h2-11H,24-25H2,1H3. The molecule has 0 radical (unpaired) electrons. The van der Waals surface area contributed by atoms with Gasteiger partial charge in [-0.3, -0.25) is 4.79 Å². The lowest BCUT2D eigenvalue weighted by Gasteiger charge is -2.26. The fourth-order valence-corrected chi connectivity index (χ4v) is 5.73. The van der Waals surface area contributed by atoms with Crippen LogP contribution in [-0.2, 0) is 20.4 Å². The van der Waals surface area contributed by atoms with E-state index in [4.69, 9.17) is 39.4 Å². The van der Waals surface area contributed by atoms with Gasteiger partial charge in [0.15, 0.2) is 5.54 Å². The molecule has 3 aromatic carbocycles. The van der Waals surface area contributed by atoms with Gasteiger partial charge in [-0.05, 0) is 36.4 Å².